The average molecular weight is 563 g/mol. The molecule has 8 heteroatoms. The standard InChI is InChI=1S/C33H23FN2O4S/c1-18-16-21(32(38)39)9-13-24(18)27-15-12-23(40-27)17-28-31(37)36-30(20-6-10-22(34)11-7-20)26-14-8-19-4-2-3-5-25(19)29(26)35-33(36)41-28/h2-7,9-13,15-17,30H,8,14H2,1H3,(H,38,39). The maximum absolute atomic E-state index is 13.9. The third-order valence-corrected chi connectivity index (χ3v) is 8.68. The fraction of sp³-hybridized carbons (Fsp3) is 0.121. The molecule has 0 radical (unpaired) electrons. The summed E-state index contributed by atoms with van der Waals surface area (Å²) in [5, 5.41) is 9.27. The highest BCUT2D eigenvalue weighted by Crippen LogP contribution is 2.41. The number of thiazole rings is 1. The van der Waals surface area contributed by atoms with Crippen LogP contribution in [0.15, 0.2) is 98.6 Å². The number of halogens is 1. The number of furan rings is 1. The Kier molecular flexibility index (Phi) is 5.94. The van der Waals surface area contributed by atoms with E-state index in [0.717, 1.165) is 46.4 Å². The lowest BCUT2D eigenvalue weighted by Crippen LogP contribution is -2.38. The first-order chi connectivity index (χ1) is 19.9. The summed E-state index contributed by atoms with van der Waals surface area (Å²) in [7, 11) is 0. The minimum atomic E-state index is -0.987. The molecule has 1 aliphatic heterocycles. The number of hydrogen-bond donors (Lipinski definition) is 1. The van der Waals surface area contributed by atoms with Gasteiger partial charge in [0, 0.05) is 17.2 Å². The molecule has 202 valence electrons. The summed E-state index contributed by atoms with van der Waals surface area (Å²) >= 11 is 1.30. The lowest BCUT2D eigenvalue weighted by atomic mass is 9.83. The summed E-state index contributed by atoms with van der Waals surface area (Å²) in [4.78, 5) is 30.8. The molecule has 0 saturated heterocycles. The molecule has 6 nitrogen and oxygen atoms in total. The molecular weight excluding hydrogens is 539 g/mol. The number of carbonyl (C=O) groups is 1. The first kappa shape index (κ1) is 25.2. The van der Waals surface area contributed by atoms with E-state index >= 15 is 0 Å². The first-order valence-corrected chi connectivity index (χ1v) is 14.0. The third-order valence-electron chi connectivity index (χ3n) is 7.70. The minimum Gasteiger partial charge on any atom is -0.478 e. The van der Waals surface area contributed by atoms with Crippen LogP contribution in [0.25, 0.3) is 23.1 Å². The largest absolute Gasteiger partial charge is 0.478 e. The average Bonchev–Trinajstić information content (AvgIpc) is 3.56. The molecule has 2 aliphatic rings. The Bertz CT molecular complexity index is 2080. The molecule has 0 saturated carbocycles. The van der Waals surface area contributed by atoms with Gasteiger partial charge >= 0.3 is 5.97 Å². The second kappa shape index (κ2) is 9.67. The molecule has 1 N–H and O–H groups in total. The highest BCUT2D eigenvalue weighted by atomic mass is 32.1. The fourth-order valence-electron chi connectivity index (χ4n) is 5.74. The Morgan fingerprint density at radius 3 is 2.63 bits per heavy atom. The van der Waals surface area contributed by atoms with E-state index in [0.29, 0.717) is 20.9 Å². The molecule has 3 aromatic carbocycles. The Morgan fingerprint density at radius 2 is 1.85 bits per heavy atom. The van der Waals surface area contributed by atoms with Crippen LogP contribution in [0.5, 0.6) is 0 Å². The Morgan fingerprint density at radius 1 is 1.05 bits per heavy atom. The van der Waals surface area contributed by atoms with Gasteiger partial charge in [-0.1, -0.05) is 53.8 Å². The highest BCUT2D eigenvalue weighted by molar-refractivity contribution is 7.07. The van der Waals surface area contributed by atoms with Crippen LogP contribution in [0.1, 0.15) is 50.8 Å². The van der Waals surface area contributed by atoms with Crippen molar-refractivity contribution in [2.45, 2.75) is 25.8 Å². The zero-order valence-corrected chi connectivity index (χ0v) is 22.7. The van der Waals surface area contributed by atoms with Crippen molar-refractivity contribution in [2.24, 2.45) is 4.99 Å². The van der Waals surface area contributed by atoms with E-state index in [1.54, 1.807) is 47.0 Å². The number of hydrogen-bond acceptors (Lipinski definition) is 5. The summed E-state index contributed by atoms with van der Waals surface area (Å²) in [6.07, 6.45) is 3.31. The van der Waals surface area contributed by atoms with Crippen LogP contribution in [0, 0.1) is 12.7 Å². The number of rotatable bonds is 4. The molecule has 0 amide bonds. The summed E-state index contributed by atoms with van der Waals surface area (Å²) in [6.45, 7) is 1.83. The van der Waals surface area contributed by atoms with Crippen LogP contribution in [-0.4, -0.2) is 15.6 Å². The predicted octanol–water partition coefficient (Wildman–Crippen LogP) is 5.72. The molecular formula is C33H23FN2O4S. The van der Waals surface area contributed by atoms with Crippen LogP contribution in [0.4, 0.5) is 4.39 Å². The Balaban J connectivity index is 1.36. The summed E-state index contributed by atoms with van der Waals surface area (Å²) in [5.41, 5.74) is 6.63. The number of benzene rings is 3. The SMILES string of the molecule is Cc1cc(C(=O)O)ccc1-c1ccc(C=c2sc3n(c2=O)C(c2ccc(F)cc2)C2=C(N=3)c3ccccc3CC2)o1. The van der Waals surface area contributed by atoms with Crippen molar-refractivity contribution < 1.29 is 18.7 Å². The van der Waals surface area contributed by atoms with Crippen LogP contribution in [0.3, 0.4) is 0 Å². The minimum absolute atomic E-state index is 0.187. The lowest BCUT2D eigenvalue weighted by molar-refractivity contribution is 0.0696. The van der Waals surface area contributed by atoms with Gasteiger partial charge < -0.3 is 9.52 Å². The fourth-order valence-corrected chi connectivity index (χ4v) is 6.73. The maximum Gasteiger partial charge on any atom is 0.335 e. The van der Waals surface area contributed by atoms with Gasteiger partial charge in [0.15, 0.2) is 4.80 Å². The second-order valence-corrected chi connectivity index (χ2v) is 11.2. The topological polar surface area (TPSA) is 84.8 Å². The van der Waals surface area contributed by atoms with E-state index in [1.165, 1.54) is 29.0 Å². The predicted molar refractivity (Wildman–Crippen MR) is 155 cm³/mol. The highest BCUT2D eigenvalue weighted by Gasteiger charge is 2.32. The van der Waals surface area contributed by atoms with Gasteiger partial charge in [-0.25, -0.2) is 14.2 Å². The normalized spacial score (nSPS) is 16.1. The van der Waals surface area contributed by atoms with Gasteiger partial charge in [-0.05, 0) is 78.4 Å². The van der Waals surface area contributed by atoms with Crippen LogP contribution in [0.2, 0.25) is 0 Å². The van der Waals surface area contributed by atoms with Gasteiger partial charge in [-0.2, -0.15) is 0 Å². The molecule has 1 atom stereocenters. The number of aryl methyl sites for hydroxylation is 2. The lowest BCUT2D eigenvalue weighted by Gasteiger charge is -2.30. The number of nitrogens with zero attached hydrogens (tertiary/aromatic N) is 2. The maximum atomic E-state index is 13.9. The smallest absolute Gasteiger partial charge is 0.335 e. The van der Waals surface area contributed by atoms with Crippen LogP contribution >= 0.6 is 11.3 Å². The molecule has 3 heterocycles. The van der Waals surface area contributed by atoms with Crippen molar-refractivity contribution in [1.82, 2.24) is 4.57 Å². The van der Waals surface area contributed by atoms with E-state index in [1.807, 2.05) is 25.1 Å². The monoisotopic (exact) mass is 562 g/mol. The van der Waals surface area contributed by atoms with Gasteiger partial charge in [-0.15, -0.1) is 0 Å². The third kappa shape index (κ3) is 4.28. The summed E-state index contributed by atoms with van der Waals surface area (Å²) in [6, 6.07) is 22.6. The van der Waals surface area contributed by atoms with Gasteiger partial charge in [0.2, 0.25) is 0 Å². The van der Waals surface area contributed by atoms with Crippen molar-refractivity contribution in [3.05, 3.63) is 144 Å². The number of allylic oxidation sites excluding steroid dienone is 1. The molecule has 7 rings (SSSR count). The number of fused-ring (bicyclic) bond motifs is 3. The number of aromatic carboxylic acids is 1. The number of carboxylic acid groups (broad SMARTS) is 1. The van der Waals surface area contributed by atoms with Crippen molar-refractivity contribution in [3.8, 4) is 11.3 Å². The van der Waals surface area contributed by atoms with E-state index < -0.39 is 5.97 Å². The molecule has 41 heavy (non-hydrogen) atoms. The Labute approximate surface area is 237 Å². The van der Waals surface area contributed by atoms with Crippen molar-refractivity contribution >= 4 is 29.1 Å². The number of carboxylic acids is 1. The molecule has 0 fully saturated rings. The van der Waals surface area contributed by atoms with Crippen LogP contribution < -0.4 is 14.9 Å². The van der Waals surface area contributed by atoms with Crippen molar-refractivity contribution in [2.75, 3.05) is 0 Å². The molecule has 1 unspecified atom stereocenters. The van der Waals surface area contributed by atoms with E-state index in [9.17, 15) is 19.1 Å². The number of aromatic nitrogens is 1. The summed E-state index contributed by atoms with van der Waals surface area (Å²) < 4.78 is 22.1. The molecule has 0 bridgehead atoms. The molecule has 5 aromatic rings. The van der Waals surface area contributed by atoms with Crippen LogP contribution in [-0.2, 0) is 6.42 Å². The molecule has 0 spiro atoms. The van der Waals surface area contributed by atoms with Crippen molar-refractivity contribution in [3.63, 3.8) is 0 Å². The van der Waals surface area contributed by atoms with Gasteiger partial charge in [-0.3, -0.25) is 9.36 Å². The zero-order chi connectivity index (χ0) is 28.2. The zero-order valence-electron chi connectivity index (χ0n) is 21.9. The summed E-state index contributed by atoms with van der Waals surface area (Å²) in [5.74, 6) is -0.237. The molecule has 2 aromatic heterocycles. The van der Waals surface area contributed by atoms with E-state index in [-0.39, 0.29) is 23.0 Å². The Hall–Kier alpha value is -4.82. The van der Waals surface area contributed by atoms with E-state index in [4.69, 9.17) is 9.41 Å². The van der Waals surface area contributed by atoms with Crippen molar-refractivity contribution in [1.29, 1.82) is 0 Å². The molecule has 1 aliphatic carbocycles. The second-order valence-electron chi connectivity index (χ2n) is 10.2. The van der Waals surface area contributed by atoms with E-state index in [2.05, 4.69) is 12.1 Å². The van der Waals surface area contributed by atoms with Gasteiger partial charge in [0.1, 0.15) is 17.3 Å². The van der Waals surface area contributed by atoms with Gasteiger partial charge in [0.25, 0.3) is 5.56 Å². The van der Waals surface area contributed by atoms with Gasteiger partial charge in [0.05, 0.1) is 21.8 Å². The quantitative estimate of drug-likeness (QED) is 0.304. The first-order valence-electron chi connectivity index (χ1n) is 13.2.